The molecule has 1 N–H and O–H groups in total. The fourth-order valence-electron chi connectivity index (χ4n) is 3.59. The van der Waals surface area contributed by atoms with Crippen molar-refractivity contribution in [2.75, 3.05) is 32.6 Å². The molecule has 1 amide bonds. The Morgan fingerprint density at radius 1 is 0.882 bits per heavy atom. The van der Waals surface area contributed by atoms with Gasteiger partial charge in [0, 0.05) is 13.3 Å². The molecule has 0 saturated carbocycles. The highest BCUT2D eigenvalue weighted by Gasteiger charge is 2.50. The topological polar surface area (TPSA) is 117 Å². The van der Waals surface area contributed by atoms with E-state index in [1.165, 1.54) is 6.92 Å². The SMILES string of the molecule is CCOC(=O)C(Cc1cc(CC)ccc1CCP(=O)(OCC)OCC)(NC(C)=O)C(=O)OCC. The van der Waals surface area contributed by atoms with Crippen LogP contribution in [0.1, 0.15) is 58.2 Å². The van der Waals surface area contributed by atoms with Gasteiger partial charge in [-0.3, -0.25) is 9.36 Å². The maximum absolute atomic E-state index is 13.1. The minimum absolute atomic E-state index is 0.0212. The standard InChI is InChI=1S/C24H38NO8P/c1-7-19-12-13-20(14-15-34(29,32-10-4)33-11-5)21(16-19)17-24(25-18(6)26,22(27)30-8-2)23(28)31-9-3/h12-13,16H,7-11,14-15,17H2,1-6H3,(H,25,26). The average Bonchev–Trinajstić information content (AvgIpc) is 2.78. The summed E-state index contributed by atoms with van der Waals surface area (Å²) < 4.78 is 34.2. The number of nitrogens with one attached hydrogen (secondary N) is 1. The molecule has 0 unspecified atom stereocenters. The molecule has 34 heavy (non-hydrogen) atoms. The first-order chi connectivity index (χ1) is 16.1. The van der Waals surface area contributed by atoms with E-state index in [9.17, 15) is 18.9 Å². The normalized spacial score (nSPS) is 11.7. The lowest BCUT2D eigenvalue weighted by atomic mass is 9.86. The number of carbonyl (C=O) groups is 3. The van der Waals surface area contributed by atoms with Gasteiger partial charge in [-0.05, 0) is 57.2 Å². The second-order valence-electron chi connectivity index (χ2n) is 7.58. The molecule has 0 radical (unpaired) electrons. The van der Waals surface area contributed by atoms with Crippen molar-refractivity contribution in [2.45, 2.75) is 66.3 Å². The van der Waals surface area contributed by atoms with E-state index < -0.39 is 31.0 Å². The first-order valence-corrected chi connectivity index (χ1v) is 13.5. The molecule has 0 fully saturated rings. The summed E-state index contributed by atoms with van der Waals surface area (Å²) in [7, 11) is -3.31. The van der Waals surface area contributed by atoms with Crippen molar-refractivity contribution >= 4 is 25.4 Å². The van der Waals surface area contributed by atoms with E-state index in [2.05, 4.69) is 5.32 Å². The summed E-state index contributed by atoms with van der Waals surface area (Å²) in [5, 5.41) is 2.50. The lowest BCUT2D eigenvalue weighted by molar-refractivity contribution is -0.168. The Bertz CT molecular complexity index is 858. The van der Waals surface area contributed by atoms with Crippen LogP contribution < -0.4 is 5.32 Å². The van der Waals surface area contributed by atoms with Gasteiger partial charge in [-0.2, -0.15) is 0 Å². The highest BCUT2D eigenvalue weighted by molar-refractivity contribution is 7.53. The predicted octanol–water partition coefficient (Wildman–Crippen LogP) is 3.60. The van der Waals surface area contributed by atoms with Gasteiger partial charge in [-0.15, -0.1) is 0 Å². The van der Waals surface area contributed by atoms with Gasteiger partial charge in [0.1, 0.15) is 0 Å². The Labute approximate surface area is 202 Å². The molecule has 0 bridgehead atoms. The summed E-state index contributed by atoms with van der Waals surface area (Å²) in [4.78, 5) is 38.2. The molecule has 0 saturated heterocycles. The van der Waals surface area contributed by atoms with E-state index >= 15 is 0 Å². The molecule has 1 aromatic carbocycles. The largest absolute Gasteiger partial charge is 0.464 e. The summed E-state index contributed by atoms with van der Waals surface area (Å²) in [6.07, 6.45) is 0.980. The zero-order chi connectivity index (χ0) is 25.8. The fraction of sp³-hybridized carbons (Fsp3) is 0.625. The van der Waals surface area contributed by atoms with Crippen LogP contribution in [-0.4, -0.2) is 56.0 Å². The van der Waals surface area contributed by atoms with Gasteiger partial charge < -0.3 is 23.8 Å². The van der Waals surface area contributed by atoms with Crippen LogP contribution in [0, 0.1) is 0 Å². The van der Waals surface area contributed by atoms with Crippen molar-refractivity contribution in [2.24, 2.45) is 0 Å². The highest BCUT2D eigenvalue weighted by Crippen LogP contribution is 2.48. The van der Waals surface area contributed by atoms with E-state index in [0.29, 0.717) is 12.0 Å². The zero-order valence-electron chi connectivity index (χ0n) is 21.1. The third kappa shape index (κ3) is 8.22. The number of aryl methyl sites for hydroxylation is 2. The summed E-state index contributed by atoms with van der Waals surface area (Å²) in [5.41, 5.74) is 0.303. The first-order valence-electron chi connectivity index (χ1n) is 11.7. The summed E-state index contributed by atoms with van der Waals surface area (Å²) >= 11 is 0. The predicted molar refractivity (Wildman–Crippen MR) is 129 cm³/mol. The molecule has 10 heteroatoms. The van der Waals surface area contributed by atoms with Crippen LogP contribution in [0.15, 0.2) is 18.2 Å². The Balaban J connectivity index is 3.52. The third-order valence-electron chi connectivity index (χ3n) is 5.08. The van der Waals surface area contributed by atoms with Gasteiger partial charge in [0.25, 0.3) is 0 Å². The maximum atomic E-state index is 13.1. The second-order valence-corrected chi connectivity index (χ2v) is 9.77. The Hall–Kier alpha value is -2.22. The van der Waals surface area contributed by atoms with Crippen molar-refractivity contribution in [1.82, 2.24) is 5.32 Å². The van der Waals surface area contributed by atoms with Crippen LogP contribution in [0.5, 0.6) is 0 Å². The minimum atomic E-state index is -3.31. The van der Waals surface area contributed by atoms with Crippen LogP contribution >= 0.6 is 7.60 Å². The van der Waals surface area contributed by atoms with Crippen molar-refractivity contribution < 1.29 is 37.5 Å². The molecular weight excluding hydrogens is 461 g/mol. The lowest BCUT2D eigenvalue weighted by Gasteiger charge is -2.30. The Morgan fingerprint density at radius 2 is 1.44 bits per heavy atom. The smallest absolute Gasteiger partial charge is 0.344 e. The molecule has 0 heterocycles. The number of hydrogen-bond acceptors (Lipinski definition) is 8. The molecule has 0 aliphatic carbocycles. The van der Waals surface area contributed by atoms with Gasteiger partial charge >= 0.3 is 19.5 Å². The number of esters is 2. The molecule has 0 aliphatic heterocycles. The van der Waals surface area contributed by atoms with Gasteiger partial charge in [0.05, 0.1) is 32.6 Å². The van der Waals surface area contributed by atoms with Crippen LogP contribution in [-0.2, 0) is 56.7 Å². The van der Waals surface area contributed by atoms with Crippen LogP contribution in [0.25, 0.3) is 0 Å². The Kier molecular flexibility index (Phi) is 12.5. The van der Waals surface area contributed by atoms with Crippen LogP contribution in [0.2, 0.25) is 0 Å². The summed E-state index contributed by atoms with van der Waals surface area (Å²) in [6.45, 7) is 10.5. The van der Waals surface area contributed by atoms with Crippen LogP contribution in [0.4, 0.5) is 0 Å². The number of hydrogen-bond donors (Lipinski definition) is 1. The number of benzene rings is 1. The molecular formula is C24H38NO8P. The average molecular weight is 500 g/mol. The van der Waals surface area contributed by atoms with Gasteiger partial charge in [-0.1, -0.05) is 25.1 Å². The molecule has 9 nitrogen and oxygen atoms in total. The van der Waals surface area contributed by atoms with E-state index in [1.54, 1.807) is 27.7 Å². The molecule has 1 aromatic rings. The molecule has 0 aromatic heterocycles. The fourth-order valence-corrected chi connectivity index (χ4v) is 5.23. The van der Waals surface area contributed by atoms with Crippen molar-refractivity contribution in [3.63, 3.8) is 0 Å². The number of amides is 1. The summed E-state index contributed by atoms with van der Waals surface area (Å²) in [6, 6.07) is 5.67. The van der Waals surface area contributed by atoms with Gasteiger partial charge in [-0.25, -0.2) is 9.59 Å². The molecule has 0 spiro atoms. The van der Waals surface area contributed by atoms with E-state index in [1.807, 2.05) is 25.1 Å². The van der Waals surface area contributed by atoms with Crippen molar-refractivity contribution in [3.05, 3.63) is 34.9 Å². The zero-order valence-corrected chi connectivity index (χ0v) is 22.0. The second kappa shape index (κ2) is 14.2. The van der Waals surface area contributed by atoms with Crippen molar-refractivity contribution in [1.29, 1.82) is 0 Å². The van der Waals surface area contributed by atoms with Gasteiger partial charge in [0.2, 0.25) is 11.4 Å². The number of rotatable bonds is 15. The first kappa shape index (κ1) is 29.8. The van der Waals surface area contributed by atoms with Gasteiger partial charge in [0.15, 0.2) is 0 Å². The van der Waals surface area contributed by atoms with E-state index in [-0.39, 0.29) is 39.0 Å². The Morgan fingerprint density at radius 3 is 1.88 bits per heavy atom. The summed E-state index contributed by atoms with van der Waals surface area (Å²) in [5.74, 6) is -2.37. The van der Waals surface area contributed by atoms with E-state index in [0.717, 1.165) is 17.5 Å². The van der Waals surface area contributed by atoms with Crippen LogP contribution in [0.3, 0.4) is 0 Å². The lowest BCUT2D eigenvalue weighted by Crippen LogP contribution is -2.62. The van der Waals surface area contributed by atoms with Crippen molar-refractivity contribution in [3.8, 4) is 0 Å². The molecule has 0 atom stereocenters. The molecule has 0 aliphatic rings. The molecule has 1 rings (SSSR count). The number of carbonyl (C=O) groups excluding carboxylic acids is 3. The highest BCUT2D eigenvalue weighted by atomic mass is 31.2. The number of ether oxygens (including phenoxy) is 2. The monoisotopic (exact) mass is 499 g/mol. The third-order valence-corrected chi connectivity index (χ3v) is 7.15. The minimum Gasteiger partial charge on any atom is -0.464 e. The quantitative estimate of drug-likeness (QED) is 0.221. The maximum Gasteiger partial charge on any atom is 0.344 e. The molecule has 192 valence electrons. The van der Waals surface area contributed by atoms with E-state index in [4.69, 9.17) is 18.5 Å².